The van der Waals surface area contributed by atoms with Gasteiger partial charge in [0.25, 0.3) is 0 Å². The third kappa shape index (κ3) is 3.87. The molecule has 0 saturated carbocycles. The molecular weight excluding hydrogens is 356 g/mol. The topological polar surface area (TPSA) is 56.3 Å². The minimum atomic E-state index is 0.687. The minimum absolute atomic E-state index is 0.687. The Bertz CT molecular complexity index is 645. The second-order valence-electron chi connectivity index (χ2n) is 5.97. The number of rotatable bonds is 5. The fraction of sp³-hybridized carbons (Fsp3) is 0.471. The van der Waals surface area contributed by atoms with Gasteiger partial charge in [0.15, 0.2) is 0 Å². The molecule has 2 N–H and O–H groups in total. The highest BCUT2D eigenvalue weighted by atomic mass is 79.9. The van der Waals surface area contributed by atoms with Gasteiger partial charge in [0.05, 0.1) is 16.4 Å². The SMILES string of the molecule is Cn1ncc(Br)c1-c1cc(N)ccc1OCCN1CCCCC1. The molecule has 0 aliphatic carbocycles. The van der Waals surface area contributed by atoms with Crippen LogP contribution in [0, 0.1) is 0 Å². The highest BCUT2D eigenvalue weighted by molar-refractivity contribution is 9.10. The van der Waals surface area contributed by atoms with Gasteiger partial charge in [-0.15, -0.1) is 0 Å². The van der Waals surface area contributed by atoms with Gasteiger partial charge in [-0.05, 0) is 60.1 Å². The van der Waals surface area contributed by atoms with Gasteiger partial charge in [0, 0.05) is 24.8 Å². The van der Waals surface area contributed by atoms with Crippen LogP contribution in [0.2, 0.25) is 0 Å². The lowest BCUT2D eigenvalue weighted by Gasteiger charge is -2.26. The Morgan fingerprint density at radius 2 is 2.04 bits per heavy atom. The summed E-state index contributed by atoms with van der Waals surface area (Å²) in [6, 6.07) is 5.77. The predicted octanol–water partition coefficient (Wildman–Crippen LogP) is 3.30. The van der Waals surface area contributed by atoms with Crippen molar-refractivity contribution in [3.05, 3.63) is 28.9 Å². The van der Waals surface area contributed by atoms with E-state index < -0.39 is 0 Å². The zero-order valence-electron chi connectivity index (χ0n) is 13.5. The lowest BCUT2D eigenvalue weighted by atomic mass is 10.1. The molecular formula is C17H23BrN4O. The van der Waals surface area contributed by atoms with Gasteiger partial charge >= 0.3 is 0 Å². The van der Waals surface area contributed by atoms with E-state index in [0.717, 1.165) is 33.7 Å². The van der Waals surface area contributed by atoms with E-state index >= 15 is 0 Å². The number of likely N-dealkylation sites (tertiary alicyclic amines) is 1. The van der Waals surface area contributed by atoms with E-state index in [0.29, 0.717) is 6.61 Å². The lowest BCUT2D eigenvalue weighted by molar-refractivity contribution is 0.183. The average Bonchev–Trinajstić information content (AvgIpc) is 2.89. The van der Waals surface area contributed by atoms with Crippen molar-refractivity contribution >= 4 is 21.6 Å². The van der Waals surface area contributed by atoms with Gasteiger partial charge in [-0.25, -0.2) is 0 Å². The number of aromatic nitrogens is 2. The first-order chi connectivity index (χ1) is 11.1. The first kappa shape index (κ1) is 16.3. The number of piperidine rings is 1. The Morgan fingerprint density at radius 1 is 1.26 bits per heavy atom. The van der Waals surface area contributed by atoms with E-state index in [1.165, 1.54) is 32.4 Å². The normalized spacial score (nSPS) is 15.7. The van der Waals surface area contributed by atoms with E-state index in [1.807, 2.05) is 29.9 Å². The Morgan fingerprint density at radius 3 is 2.74 bits per heavy atom. The van der Waals surface area contributed by atoms with Crippen LogP contribution in [0.25, 0.3) is 11.3 Å². The van der Waals surface area contributed by atoms with E-state index in [9.17, 15) is 0 Å². The van der Waals surface area contributed by atoms with Crippen molar-refractivity contribution in [3.8, 4) is 17.0 Å². The molecule has 5 nitrogen and oxygen atoms in total. The molecule has 1 aliphatic rings. The van der Waals surface area contributed by atoms with E-state index in [-0.39, 0.29) is 0 Å². The number of halogens is 1. The molecule has 1 fully saturated rings. The van der Waals surface area contributed by atoms with E-state index in [1.54, 1.807) is 6.20 Å². The molecule has 1 aromatic heterocycles. The molecule has 0 bridgehead atoms. The van der Waals surface area contributed by atoms with Crippen LogP contribution in [0.1, 0.15) is 19.3 Å². The van der Waals surface area contributed by atoms with Crippen LogP contribution in [0.5, 0.6) is 5.75 Å². The number of benzene rings is 1. The molecule has 2 aromatic rings. The summed E-state index contributed by atoms with van der Waals surface area (Å²) in [7, 11) is 1.92. The summed E-state index contributed by atoms with van der Waals surface area (Å²) in [5.41, 5.74) is 8.63. The molecule has 0 unspecified atom stereocenters. The summed E-state index contributed by atoms with van der Waals surface area (Å²) in [5.74, 6) is 0.848. The van der Waals surface area contributed by atoms with Crippen LogP contribution in [0.4, 0.5) is 5.69 Å². The average molecular weight is 379 g/mol. The Labute approximate surface area is 145 Å². The summed E-state index contributed by atoms with van der Waals surface area (Å²) in [4.78, 5) is 2.47. The maximum Gasteiger partial charge on any atom is 0.128 e. The molecule has 0 spiro atoms. The number of hydrogen-bond donors (Lipinski definition) is 1. The highest BCUT2D eigenvalue weighted by Gasteiger charge is 2.15. The first-order valence-corrected chi connectivity index (χ1v) is 8.87. The number of nitrogens with zero attached hydrogens (tertiary/aromatic N) is 3. The van der Waals surface area contributed by atoms with Crippen LogP contribution in [0.15, 0.2) is 28.9 Å². The zero-order chi connectivity index (χ0) is 16.2. The van der Waals surface area contributed by atoms with Crippen molar-refractivity contribution in [3.63, 3.8) is 0 Å². The largest absolute Gasteiger partial charge is 0.492 e. The standard InChI is InChI=1S/C17H23BrN4O/c1-21-17(15(18)12-20-21)14-11-13(19)5-6-16(14)23-10-9-22-7-3-2-4-8-22/h5-6,11-12H,2-4,7-10,19H2,1H3. The number of ether oxygens (including phenoxy) is 1. The number of nitrogen functional groups attached to an aromatic ring is 1. The highest BCUT2D eigenvalue weighted by Crippen LogP contribution is 2.36. The summed E-state index contributed by atoms with van der Waals surface area (Å²) in [6.07, 6.45) is 5.74. The van der Waals surface area contributed by atoms with Crippen LogP contribution in [0.3, 0.4) is 0 Å². The van der Waals surface area contributed by atoms with Crippen molar-refractivity contribution in [2.24, 2.45) is 7.05 Å². The Balaban J connectivity index is 1.74. The van der Waals surface area contributed by atoms with Crippen LogP contribution >= 0.6 is 15.9 Å². The molecule has 23 heavy (non-hydrogen) atoms. The molecule has 0 amide bonds. The van der Waals surface area contributed by atoms with E-state index in [2.05, 4.69) is 25.9 Å². The molecule has 0 atom stereocenters. The second kappa shape index (κ2) is 7.36. The summed E-state index contributed by atoms with van der Waals surface area (Å²) in [6.45, 7) is 4.03. The smallest absolute Gasteiger partial charge is 0.128 e. The Kier molecular flexibility index (Phi) is 5.23. The molecule has 124 valence electrons. The first-order valence-electron chi connectivity index (χ1n) is 8.07. The van der Waals surface area contributed by atoms with Gasteiger partial charge in [0.1, 0.15) is 12.4 Å². The summed E-state index contributed by atoms with van der Waals surface area (Å²) >= 11 is 3.56. The van der Waals surface area contributed by atoms with Crippen LogP contribution in [-0.4, -0.2) is 40.9 Å². The maximum absolute atomic E-state index is 6.07. The van der Waals surface area contributed by atoms with Crippen molar-refractivity contribution in [2.45, 2.75) is 19.3 Å². The number of aryl methyl sites for hydroxylation is 1. The van der Waals surface area contributed by atoms with Crippen molar-refractivity contribution in [1.29, 1.82) is 0 Å². The molecule has 3 rings (SSSR count). The van der Waals surface area contributed by atoms with Crippen LogP contribution < -0.4 is 10.5 Å². The number of anilines is 1. The van der Waals surface area contributed by atoms with Gasteiger partial charge < -0.3 is 10.5 Å². The van der Waals surface area contributed by atoms with Crippen molar-refractivity contribution < 1.29 is 4.74 Å². The maximum atomic E-state index is 6.07. The van der Waals surface area contributed by atoms with Gasteiger partial charge in [-0.2, -0.15) is 5.10 Å². The van der Waals surface area contributed by atoms with Crippen molar-refractivity contribution in [2.75, 3.05) is 32.0 Å². The molecule has 1 aliphatic heterocycles. The van der Waals surface area contributed by atoms with Crippen molar-refractivity contribution in [1.82, 2.24) is 14.7 Å². The Hall–Kier alpha value is -1.53. The van der Waals surface area contributed by atoms with Gasteiger partial charge in [-0.1, -0.05) is 6.42 Å². The fourth-order valence-electron chi connectivity index (χ4n) is 3.04. The van der Waals surface area contributed by atoms with E-state index in [4.69, 9.17) is 10.5 Å². The number of nitrogens with two attached hydrogens (primary N) is 1. The third-order valence-electron chi connectivity index (χ3n) is 4.27. The molecule has 2 heterocycles. The monoisotopic (exact) mass is 378 g/mol. The van der Waals surface area contributed by atoms with Gasteiger partial charge in [0.2, 0.25) is 0 Å². The lowest BCUT2D eigenvalue weighted by Crippen LogP contribution is -2.33. The zero-order valence-corrected chi connectivity index (χ0v) is 15.1. The number of hydrogen-bond acceptors (Lipinski definition) is 4. The fourth-order valence-corrected chi connectivity index (χ4v) is 3.60. The second-order valence-corrected chi connectivity index (χ2v) is 6.83. The van der Waals surface area contributed by atoms with Crippen LogP contribution in [-0.2, 0) is 7.05 Å². The summed E-state index contributed by atoms with van der Waals surface area (Å²) in [5, 5.41) is 4.28. The minimum Gasteiger partial charge on any atom is -0.492 e. The predicted molar refractivity (Wildman–Crippen MR) is 96.5 cm³/mol. The molecule has 6 heteroatoms. The summed E-state index contributed by atoms with van der Waals surface area (Å²) < 4.78 is 8.84. The molecule has 1 aromatic carbocycles. The molecule has 0 radical (unpaired) electrons. The quantitative estimate of drug-likeness (QED) is 0.810. The third-order valence-corrected chi connectivity index (χ3v) is 4.85. The van der Waals surface area contributed by atoms with Gasteiger partial charge in [-0.3, -0.25) is 9.58 Å². The molecule has 1 saturated heterocycles.